The third-order valence-corrected chi connectivity index (χ3v) is 6.64. The van der Waals surface area contributed by atoms with Crippen LogP contribution in [-0.4, -0.2) is 55.4 Å². The molecule has 0 saturated carbocycles. The standard InChI is InChI=1S/C27H37N5O/c1-28-27(29-19-23-8-6-9-24(18-23)21-32-17-7-10-26(32)33)30(2)20-22-11-13-25(14-12-22)31-15-4-3-5-16-31/h6,8-9,11-14,18H,3-5,7,10,15-17,19-21H2,1-2H3,(H,28,29). The smallest absolute Gasteiger partial charge is 0.222 e. The van der Waals surface area contributed by atoms with Gasteiger partial charge in [-0.05, 0) is 54.5 Å². The number of piperidine rings is 1. The van der Waals surface area contributed by atoms with Crippen molar-refractivity contribution in [1.82, 2.24) is 15.1 Å². The summed E-state index contributed by atoms with van der Waals surface area (Å²) in [5.74, 6) is 1.14. The molecule has 0 aromatic heterocycles. The van der Waals surface area contributed by atoms with Gasteiger partial charge in [-0.15, -0.1) is 0 Å². The normalized spacial score (nSPS) is 16.9. The number of likely N-dealkylation sites (tertiary alicyclic amines) is 1. The molecular weight excluding hydrogens is 410 g/mol. The first kappa shape index (κ1) is 23.1. The molecule has 2 aromatic carbocycles. The molecular formula is C27H37N5O. The molecule has 4 rings (SSSR count). The summed E-state index contributed by atoms with van der Waals surface area (Å²) < 4.78 is 0. The van der Waals surface area contributed by atoms with E-state index in [-0.39, 0.29) is 5.91 Å². The van der Waals surface area contributed by atoms with Crippen LogP contribution in [0.25, 0.3) is 0 Å². The number of nitrogens with zero attached hydrogens (tertiary/aromatic N) is 4. The lowest BCUT2D eigenvalue weighted by atomic mass is 10.1. The number of hydrogen-bond acceptors (Lipinski definition) is 3. The Labute approximate surface area is 198 Å². The Morgan fingerprint density at radius 1 is 0.970 bits per heavy atom. The Morgan fingerprint density at radius 2 is 1.73 bits per heavy atom. The molecule has 2 aliphatic heterocycles. The van der Waals surface area contributed by atoms with Crippen molar-refractivity contribution in [3.8, 4) is 0 Å². The fourth-order valence-electron chi connectivity index (χ4n) is 4.81. The van der Waals surface area contributed by atoms with E-state index in [1.165, 1.54) is 54.7 Å². The average Bonchev–Trinajstić information content (AvgIpc) is 3.25. The van der Waals surface area contributed by atoms with Gasteiger partial charge in [0.25, 0.3) is 0 Å². The summed E-state index contributed by atoms with van der Waals surface area (Å²) >= 11 is 0. The van der Waals surface area contributed by atoms with Crippen molar-refractivity contribution in [3.05, 3.63) is 65.2 Å². The largest absolute Gasteiger partial charge is 0.372 e. The zero-order valence-corrected chi connectivity index (χ0v) is 20.1. The van der Waals surface area contributed by atoms with Crippen LogP contribution in [0.4, 0.5) is 5.69 Å². The highest BCUT2D eigenvalue weighted by atomic mass is 16.2. The van der Waals surface area contributed by atoms with Crippen molar-refractivity contribution in [2.24, 2.45) is 4.99 Å². The van der Waals surface area contributed by atoms with Crippen LogP contribution in [0.1, 0.15) is 48.8 Å². The Hall–Kier alpha value is -3.02. The van der Waals surface area contributed by atoms with Crippen LogP contribution in [0.2, 0.25) is 0 Å². The minimum atomic E-state index is 0.268. The number of amides is 1. The molecule has 2 heterocycles. The second-order valence-electron chi connectivity index (χ2n) is 9.21. The van der Waals surface area contributed by atoms with Crippen LogP contribution < -0.4 is 10.2 Å². The van der Waals surface area contributed by atoms with Gasteiger partial charge < -0.3 is 20.0 Å². The van der Waals surface area contributed by atoms with E-state index in [2.05, 4.69) is 75.7 Å². The summed E-state index contributed by atoms with van der Waals surface area (Å²) in [6, 6.07) is 17.4. The molecule has 0 aliphatic carbocycles. The molecule has 2 fully saturated rings. The van der Waals surface area contributed by atoms with Crippen molar-refractivity contribution in [3.63, 3.8) is 0 Å². The minimum Gasteiger partial charge on any atom is -0.372 e. The molecule has 0 unspecified atom stereocenters. The predicted octanol–water partition coefficient (Wildman–Crippen LogP) is 4.01. The molecule has 1 N–H and O–H groups in total. The van der Waals surface area contributed by atoms with Gasteiger partial charge >= 0.3 is 0 Å². The fourth-order valence-corrected chi connectivity index (χ4v) is 4.81. The van der Waals surface area contributed by atoms with Gasteiger partial charge in [-0.1, -0.05) is 36.4 Å². The molecule has 0 atom stereocenters. The van der Waals surface area contributed by atoms with Crippen LogP contribution in [-0.2, 0) is 24.4 Å². The summed E-state index contributed by atoms with van der Waals surface area (Å²) in [7, 11) is 3.90. The molecule has 6 heteroatoms. The van der Waals surface area contributed by atoms with E-state index in [1.807, 2.05) is 11.9 Å². The van der Waals surface area contributed by atoms with Gasteiger partial charge in [-0.2, -0.15) is 0 Å². The number of benzene rings is 2. The number of aliphatic imine (C=N–C) groups is 1. The number of rotatable bonds is 7. The van der Waals surface area contributed by atoms with Gasteiger partial charge in [0.15, 0.2) is 5.96 Å². The molecule has 0 spiro atoms. The SMILES string of the molecule is CN=C(NCc1cccc(CN2CCCC2=O)c1)N(C)Cc1ccc(N2CCCCC2)cc1. The molecule has 6 nitrogen and oxygen atoms in total. The highest BCUT2D eigenvalue weighted by molar-refractivity contribution is 5.79. The maximum absolute atomic E-state index is 11.9. The lowest BCUT2D eigenvalue weighted by Crippen LogP contribution is -2.38. The Bertz CT molecular complexity index is 949. The van der Waals surface area contributed by atoms with Crippen LogP contribution in [0.15, 0.2) is 53.5 Å². The summed E-state index contributed by atoms with van der Waals surface area (Å²) in [6.07, 6.45) is 5.61. The van der Waals surface area contributed by atoms with E-state index in [0.717, 1.165) is 25.5 Å². The number of anilines is 1. The second-order valence-corrected chi connectivity index (χ2v) is 9.21. The molecule has 2 saturated heterocycles. The summed E-state index contributed by atoms with van der Waals surface area (Å²) in [4.78, 5) is 23.0. The van der Waals surface area contributed by atoms with Crippen molar-refractivity contribution in [2.75, 3.05) is 38.6 Å². The first-order chi connectivity index (χ1) is 16.1. The zero-order valence-electron chi connectivity index (χ0n) is 20.1. The molecule has 2 aromatic rings. The van der Waals surface area contributed by atoms with Gasteiger partial charge in [-0.25, -0.2) is 0 Å². The lowest BCUT2D eigenvalue weighted by molar-refractivity contribution is -0.128. The Kier molecular flexibility index (Phi) is 7.87. The van der Waals surface area contributed by atoms with Crippen LogP contribution >= 0.6 is 0 Å². The van der Waals surface area contributed by atoms with Gasteiger partial charge in [0.1, 0.15) is 0 Å². The number of hydrogen-bond donors (Lipinski definition) is 1. The lowest BCUT2D eigenvalue weighted by Gasteiger charge is -2.29. The van der Waals surface area contributed by atoms with E-state index in [1.54, 1.807) is 0 Å². The molecule has 33 heavy (non-hydrogen) atoms. The monoisotopic (exact) mass is 447 g/mol. The predicted molar refractivity (Wildman–Crippen MR) is 135 cm³/mol. The van der Waals surface area contributed by atoms with Crippen LogP contribution in [0.5, 0.6) is 0 Å². The van der Waals surface area contributed by atoms with E-state index in [9.17, 15) is 4.79 Å². The number of guanidine groups is 1. The Balaban J connectivity index is 1.29. The second kappa shape index (κ2) is 11.2. The highest BCUT2D eigenvalue weighted by Crippen LogP contribution is 2.21. The number of carbonyl (C=O) groups excluding carboxylic acids is 1. The van der Waals surface area contributed by atoms with Crippen molar-refractivity contribution < 1.29 is 4.79 Å². The molecule has 0 bridgehead atoms. The molecule has 176 valence electrons. The molecule has 2 aliphatic rings. The van der Waals surface area contributed by atoms with E-state index in [0.29, 0.717) is 19.5 Å². The molecule has 1 amide bonds. The number of nitrogens with one attached hydrogen (secondary N) is 1. The quantitative estimate of drug-likeness (QED) is 0.515. The van der Waals surface area contributed by atoms with Gasteiger partial charge in [0.05, 0.1) is 0 Å². The van der Waals surface area contributed by atoms with Gasteiger partial charge in [0, 0.05) is 65.5 Å². The van der Waals surface area contributed by atoms with Gasteiger partial charge in [-0.3, -0.25) is 9.79 Å². The summed E-state index contributed by atoms with van der Waals surface area (Å²) in [5.41, 5.74) is 4.99. The first-order valence-corrected chi connectivity index (χ1v) is 12.2. The summed E-state index contributed by atoms with van der Waals surface area (Å²) in [6.45, 7) is 5.42. The van der Waals surface area contributed by atoms with Gasteiger partial charge in [0.2, 0.25) is 5.91 Å². The van der Waals surface area contributed by atoms with E-state index < -0.39 is 0 Å². The van der Waals surface area contributed by atoms with E-state index in [4.69, 9.17) is 0 Å². The third-order valence-electron chi connectivity index (χ3n) is 6.64. The van der Waals surface area contributed by atoms with Crippen LogP contribution in [0.3, 0.4) is 0 Å². The van der Waals surface area contributed by atoms with Crippen LogP contribution in [0, 0.1) is 0 Å². The average molecular weight is 448 g/mol. The maximum Gasteiger partial charge on any atom is 0.222 e. The Morgan fingerprint density at radius 3 is 2.42 bits per heavy atom. The topological polar surface area (TPSA) is 51.2 Å². The fraction of sp³-hybridized carbons (Fsp3) is 0.481. The first-order valence-electron chi connectivity index (χ1n) is 12.2. The zero-order chi connectivity index (χ0) is 23.0. The summed E-state index contributed by atoms with van der Waals surface area (Å²) in [5, 5.41) is 3.49. The van der Waals surface area contributed by atoms with Crippen molar-refractivity contribution in [2.45, 2.75) is 51.7 Å². The highest BCUT2D eigenvalue weighted by Gasteiger charge is 2.20. The minimum absolute atomic E-state index is 0.268. The van der Waals surface area contributed by atoms with E-state index >= 15 is 0 Å². The number of carbonyl (C=O) groups is 1. The maximum atomic E-state index is 11.9. The third kappa shape index (κ3) is 6.28. The van der Waals surface area contributed by atoms with Crippen molar-refractivity contribution in [1.29, 1.82) is 0 Å². The molecule has 0 radical (unpaired) electrons. The van der Waals surface area contributed by atoms with Crippen molar-refractivity contribution >= 4 is 17.6 Å².